The molecule has 2 heterocycles. The van der Waals surface area contributed by atoms with Crippen LogP contribution in [0.25, 0.3) is 0 Å². The fourth-order valence-electron chi connectivity index (χ4n) is 3.61. The van der Waals surface area contributed by atoms with E-state index in [1.54, 1.807) is 29.8 Å². The Bertz CT molecular complexity index is 1030. The maximum absolute atomic E-state index is 13.0. The zero-order chi connectivity index (χ0) is 22.5. The van der Waals surface area contributed by atoms with Crippen molar-refractivity contribution in [2.75, 3.05) is 31.9 Å². The summed E-state index contributed by atoms with van der Waals surface area (Å²) >= 11 is 7.36. The molecule has 0 radical (unpaired) electrons. The third-order valence-corrected chi connectivity index (χ3v) is 6.69. The molecule has 0 bridgehead atoms. The number of aromatic nitrogens is 2. The van der Waals surface area contributed by atoms with Crippen LogP contribution in [-0.2, 0) is 29.5 Å². The molecule has 0 saturated carbocycles. The van der Waals surface area contributed by atoms with Gasteiger partial charge in [-0.15, -0.1) is 0 Å². The van der Waals surface area contributed by atoms with Crippen molar-refractivity contribution in [1.82, 2.24) is 19.4 Å². The van der Waals surface area contributed by atoms with Crippen molar-refractivity contribution in [3.8, 4) is 0 Å². The van der Waals surface area contributed by atoms with Crippen LogP contribution in [0, 0.1) is 0 Å². The van der Waals surface area contributed by atoms with E-state index in [1.807, 2.05) is 25.1 Å². The summed E-state index contributed by atoms with van der Waals surface area (Å²) in [6, 6.07) is 7.47. The van der Waals surface area contributed by atoms with E-state index in [9.17, 15) is 14.4 Å². The van der Waals surface area contributed by atoms with Crippen molar-refractivity contribution in [2.24, 2.45) is 7.05 Å². The smallest absolute Gasteiger partial charge is 0.257 e. The highest BCUT2D eigenvalue weighted by Gasteiger charge is 2.23. The number of carbonyl (C=O) groups excluding carboxylic acids is 2. The van der Waals surface area contributed by atoms with Crippen molar-refractivity contribution < 1.29 is 9.59 Å². The SMILES string of the molecule is CCc1nc(SCC(=O)N2CCN(C(C)=O)CC2)n(C)c(=O)c1Cc1cccc(Cl)c1. The number of carbonyl (C=O) groups is 2. The Kier molecular flexibility index (Phi) is 7.78. The van der Waals surface area contributed by atoms with Crippen LogP contribution in [0.5, 0.6) is 0 Å². The number of rotatable bonds is 6. The van der Waals surface area contributed by atoms with Gasteiger partial charge in [0.05, 0.1) is 11.4 Å². The first-order chi connectivity index (χ1) is 14.8. The largest absolute Gasteiger partial charge is 0.339 e. The van der Waals surface area contributed by atoms with Crippen LogP contribution in [-0.4, -0.2) is 63.1 Å². The molecule has 1 aromatic carbocycles. The molecule has 2 aromatic rings. The van der Waals surface area contributed by atoms with Gasteiger partial charge in [0.1, 0.15) is 0 Å². The van der Waals surface area contributed by atoms with E-state index in [0.29, 0.717) is 54.8 Å². The van der Waals surface area contributed by atoms with Crippen molar-refractivity contribution >= 4 is 35.2 Å². The number of piperazine rings is 1. The number of hydrogen-bond acceptors (Lipinski definition) is 5. The van der Waals surface area contributed by atoms with Crippen LogP contribution in [0.4, 0.5) is 0 Å². The number of amides is 2. The number of halogens is 1. The molecular weight excluding hydrogens is 436 g/mol. The minimum atomic E-state index is -0.100. The maximum atomic E-state index is 13.0. The monoisotopic (exact) mass is 462 g/mol. The average molecular weight is 463 g/mol. The molecule has 0 spiro atoms. The highest BCUT2D eigenvalue weighted by atomic mass is 35.5. The molecule has 7 nitrogen and oxygen atoms in total. The number of nitrogens with zero attached hydrogens (tertiary/aromatic N) is 4. The second kappa shape index (κ2) is 10.3. The molecule has 0 aliphatic carbocycles. The van der Waals surface area contributed by atoms with Crippen LogP contribution in [0.1, 0.15) is 30.7 Å². The highest BCUT2D eigenvalue weighted by molar-refractivity contribution is 7.99. The topological polar surface area (TPSA) is 75.5 Å². The van der Waals surface area contributed by atoms with Crippen molar-refractivity contribution in [3.63, 3.8) is 0 Å². The molecule has 31 heavy (non-hydrogen) atoms. The second-order valence-corrected chi connectivity index (χ2v) is 8.90. The number of benzene rings is 1. The lowest BCUT2D eigenvalue weighted by Crippen LogP contribution is -2.50. The van der Waals surface area contributed by atoms with Crippen LogP contribution < -0.4 is 5.56 Å². The normalized spacial score (nSPS) is 14.1. The first-order valence-corrected chi connectivity index (χ1v) is 11.7. The Labute approximate surface area is 191 Å². The van der Waals surface area contributed by atoms with Gasteiger partial charge in [-0.1, -0.05) is 42.4 Å². The zero-order valence-electron chi connectivity index (χ0n) is 18.1. The molecule has 1 aromatic heterocycles. The van der Waals surface area contributed by atoms with Gasteiger partial charge in [0, 0.05) is 57.2 Å². The lowest BCUT2D eigenvalue weighted by molar-refractivity contribution is -0.136. The molecule has 2 amide bonds. The van der Waals surface area contributed by atoms with Gasteiger partial charge in [-0.2, -0.15) is 0 Å². The van der Waals surface area contributed by atoms with Crippen LogP contribution in [0.2, 0.25) is 5.02 Å². The summed E-state index contributed by atoms with van der Waals surface area (Å²) in [6.45, 7) is 5.69. The van der Waals surface area contributed by atoms with Crippen molar-refractivity contribution in [2.45, 2.75) is 31.8 Å². The van der Waals surface area contributed by atoms with E-state index >= 15 is 0 Å². The molecule has 0 unspecified atom stereocenters. The Hall–Kier alpha value is -2.32. The summed E-state index contributed by atoms with van der Waals surface area (Å²) in [5.74, 6) is 0.228. The molecule has 0 N–H and O–H groups in total. The van der Waals surface area contributed by atoms with Crippen LogP contribution in [0.3, 0.4) is 0 Å². The predicted molar refractivity (Wildman–Crippen MR) is 123 cm³/mol. The maximum Gasteiger partial charge on any atom is 0.257 e. The molecular formula is C22H27ClN4O3S. The van der Waals surface area contributed by atoms with E-state index in [2.05, 4.69) is 0 Å². The summed E-state index contributed by atoms with van der Waals surface area (Å²) in [7, 11) is 1.69. The summed E-state index contributed by atoms with van der Waals surface area (Å²) in [5, 5.41) is 1.17. The molecule has 166 valence electrons. The van der Waals surface area contributed by atoms with Crippen LogP contribution >= 0.6 is 23.4 Å². The Morgan fingerprint density at radius 2 is 1.84 bits per heavy atom. The van der Waals surface area contributed by atoms with E-state index < -0.39 is 0 Å². The minimum absolute atomic E-state index is 0.0106. The summed E-state index contributed by atoms with van der Waals surface area (Å²) in [5.41, 5.74) is 2.26. The number of hydrogen-bond donors (Lipinski definition) is 0. The number of aryl methyl sites for hydroxylation is 1. The fourth-order valence-corrected chi connectivity index (χ4v) is 4.71. The van der Waals surface area contributed by atoms with E-state index in [1.165, 1.54) is 16.3 Å². The third-order valence-electron chi connectivity index (χ3n) is 5.44. The molecule has 1 aliphatic heterocycles. The van der Waals surface area contributed by atoms with Gasteiger partial charge in [-0.05, 0) is 24.1 Å². The number of thioether (sulfide) groups is 1. The van der Waals surface area contributed by atoms with Crippen molar-refractivity contribution in [3.05, 3.63) is 56.5 Å². The van der Waals surface area contributed by atoms with Gasteiger partial charge < -0.3 is 9.80 Å². The molecule has 1 aliphatic rings. The minimum Gasteiger partial charge on any atom is -0.339 e. The van der Waals surface area contributed by atoms with Gasteiger partial charge >= 0.3 is 0 Å². The summed E-state index contributed by atoms with van der Waals surface area (Å²) in [6.07, 6.45) is 1.09. The molecule has 3 rings (SSSR count). The molecule has 1 saturated heterocycles. The Morgan fingerprint density at radius 1 is 1.16 bits per heavy atom. The highest BCUT2D eigenvalue weighted by Crippen LogP contribution is 2.19. The van der Waals surface area contributed by atoms with E-state index in [-0.39, 0.29) is 23.1 Å². The predicted octanol–water partition coefficient (Wildman–Crippen LogP) is 2.37. The summed E-state index contributed by atoms with van der Waals surface area (Å²) in [4.78, 5) is 45.3. The van der Waals surface area contributed by atoms with Gasteiger partial charge in [-0.3, -0.25) is 19.0 Å². The van der Waals surface area contributed by atoms with E-state index in [4.69, 9.17) is 16.6 Å². The zero-order valence-corrected chi connectivity index (χ0v) is 19.6. The Balaban J connectivity index is 1.71. The van der Waals surface area contributed by atoms with E-state index in [0.717, 1.165) is 11.3 Å². The van der Waals surface area contributed by atoms with Gasteiger partial charge in [0.2, 0.25) is 11.8 Å². The lowest BCUT2D eigenvalue weighted by Gasteiger charge is -2.34. The first-order valence-electron chi connectivity index (χ1n) is 10.3. The summed E-state index contributed by atoms with van der Waals surface area (Å²) < 4.78 is 1.52. The van der Waals surface area contributed by atoms with Gasteiger partial charge in [0.25, 0.3) is 5.56 Å². The molecule has 1 fully saturated rings. The average Bonchev–Trinajstić information content (AvgIpc) is 2.76. The second-order valence-electron chi connectivity index (χ2n) is 7.52. The molecule has 9 heteroatoms. The first kappa shape index (κ1) is 23.3. The quantitative estimate of drug-likeness (QED) is 0.486. The fraction of sp³-hybridized carbons (Fsp3) is 0.455. The van der Waals surface area contributed by atoms with Gasteiger partial charge in [0.15, 0.2) is 5.16 Å². The van der Waals surface area contributed by atoms with Crippen LogP contribution in [0.15, 0.2) is 34.2 Å². The van der Waals surface area contributed by atoms with Gasteiger partial charge in [-0.25, -0.2) is 4.98 Å². The standard InChI is InChI=1S/C22H27ClN4O3S/c1-4-19-18(13-16-6-5-7-17(23)12-16)21(30)25(3)22(24-19)31-14-20(29)27-10-8-26(9-11-27)15(2)28/h5-7,12H,4,8-11,13-14H2,1-3H3. The third kappa shape index (κ3) is 5.68. The molecule has 0 atom stereocenters. The Morgan fingerprint density at radius 3 is 2.45 bits per heavy atom. The van der Waals surface area contributed by atoms with Crippen molar-refractivity contribution in [1.29, 1.82) is 0 Å². The lowest BCUT2D eigenvalue weighted by atomic mass is 10.0.